The summed E-state index contributed by atoms with van der Waals surface area (Å²) in [5.74, 6) is 1.49. The van der Waals surface area contributed by atoms with Gasteiger partial charge in [0.25, 0.3) is 5.91 Å². The van der Waals surface area contributed by atoms with E-state index in [9.17, 15) is 4.79 Å². The van der Waals surface area contributed by atoms with Crippen molar-refractivity contribution in [3.63, 3.8) is 0 Å². The lowest BCUT2D eigenvalue weighted by atomic mass is 9.84. The summed E-state index contributed by atoms with van der Waals surface area (Å²) in [7, 11) is 3.34. The molecule has 2 heterocycles. The maximum Gasteiger partial charge on any atom is 0.251 e. The van der Waals surface area contributed by atoms with Crippen molar-refractivity contribution in [2.75, 3.05) is 27.3 Å². The zero-order valence-electron chi connectivity index (χ0n) is 16.6. The van der Waals surface area contributed by atoms with Crippen LogP contribution in [0.3, 0.4) is 0 Å². The van der Waals surface area contributed by atoms with Crippen LogP contribution in [0.4, 0.5) is 0 Å². The second kappa shape index (κ2) is 9.24. The van der Waals surface area contributed by atoms with E-state index in [1.54, 1.807) is 38.5 Å². The minimum absolute atomic E-state index is 0. The summed E-state index contributed by atoms with van der Waals surface area (Å²) < 4.78 is 11.0. The highest BCUT2D eigenvalue weighted by atomic mass is 35.5. The predicted octanol–water partition coefficient (Wildman–Crippen LogP) is 4.27. The van der Waals surface area contributed by atoms with Crippen molar-refractivity contribution in [1.82, 2.24) is 10.2 Å². The molecule has 5 nitrogen and oxygen atoms in total. The van der Waals surface area contributed by atoms with Gasteiger partial charge in [0.2, 0.25) is 0 Å². The molecule has 0 saturated carbocycles. The Morgan fingerprint density at radius 2 is 1.79 bits per heavy atom. The van der Waals surface area contributed by atoms with Gasteiger partial charge in [-0.15, -0.1) is 12.4 Å². The van der Waals surface area contributed by atoms with Gasteiger partial charge in [0.05, 0.1) is 14.2 Å². The molecule has 2 aromatic carbocycles. The summed E-state index contributed by atoms with van der Waals surface area (Å²) >= 11 is 5.92. The molecule has 29 heavy (non-hydrogen) atoms. The van der Waals surface area contributed by atoms with Crippen molar-refractivity contribution in [1.29, 1.82) is 0 Å². The fraction of sp³-hybridized carbons (Fsp3) is 0.409. The Kier molecular flexibility index (Phi) is 6.93. The molecule has 0 bridgehead atoms. The highest BCUT2D eigenvalue weighted by molar-refractivity contribution is 6.30. The third-order valence-electron chi connectivity index (χ3n) is 5.83. The molecule has 2 aliphatic heterocycles. The first kappa shape index (κ1) is 21.8. The van der Waals surface area contributed by atoms with Crippen molar-refractivity contribution in [3.05, 3.63) is 58.1 Å². The largest absolute Gasteiger partial charge is 0.493 e. The molecule has 2 atom stereocenters. The Morgan fingerprint density at radius 3 is 2.48 bits per heavy atom. The quantitative estimate of drug-likeness (QED) is 0.777. The van der Waals surface area contributed by atoms with Crippen LogP contribution in [-0.4, -0.2) is 44.2 Å². The Balaban J connectivity index is 0.00000240. The van der Waals surface area contributed by atoms with E-state index in [-0.39, 0.29) is 30.4 Å². The number of rotatable bonds is 4. The van der Waals surface area contributed by atoms with Crippen LogP contribution >= 0.6 is 24.0 Å². The van der Waals surface area contributed by atoms with Gasteiger partial charge in [-0.3, -0.25) is 9.69 Å². The summed E-state index contributed by atoms with van der Waals surface area (Å²) in [6, 6.07) is 11.7. The first-order valence-electron chi connectivity index (χ1n) is 9.64. The molecule has 1 amide bonds. The Hall–Kier alpha value is -1.95. The number of carbonyl (C=O) groups is 1. The summed E-state index contributed by atoms with van der Waals surface area (Å²) in [6.07, 6.45) is 2.86. The second-order valence-electron chi connectivity index (χ2n) is 7.41. The van der Waals surface area contributed by atoms with E-state index in [1.165, 1.54) is 11.1 Å². The molecule has 0 aliphatic carbocycles. The molecule has 0 radical (unpaired) electrons. The number of carbonyl (C=O) groups excluding carboxylic acids is 1. The molecular weight excluding hydrogens is 411 g/mol. The first-order chi connectivity index (χ1) is 13.6. The van der Waals surface area contributed by atoms with Gasteiger partial charge in [-0.2, -0.15) is 0 Å². The number of piperidine rings is 1. The molecule has 7 heteroatoms. The number of nitrogens with zero attached hydrogens (tertiary/aromatic N) is 1. The lowest BCUT2D eigenvalue weighted by Crippen LogP contribution is -2.48. The minimum atomic E-state index is -0.0431. The van der Waals surface area contributed by atoms with Crippen molar-refractivity contribution in [3.8, 4) is 11.5 Å². The van der Waals surface area contributed by atoms with E-state index in [0.29, 0.717) is 10.6 Å². The van der Waals surface area contributed by atoms with E-state index in [1.807, 2.05) is 0 Å². The maximum atomic E-state index is 12.6. The SMILES string of the molecule is COc1cc2c(cc1OC)C1CC(NC(=O)c3ccc(Cl)cc3)CCN1CC2.Cl. The van der Waals surface area contributed by atoms with Crippen molar-refractivity contribution < 1.29 is 14.3 Å². The summed E-state index contributed by atoms with van der Waals surface area (Å²) in [6.45, 7) is 2.01. The topological polar surface area (TPSA) is 50.8 Å². The van der Waals surface area contributed by atoms with Crippen LogP contribution < -0.4 is 14.8 Å². The molecule has 0 aromatic heterocycles. The van der Waals surface area contributed by atoms with Crippen molar-refractivity contribution in [2.45, 2.75) is 31.3 Å². The van der Waals surface area contributed by atoms with E-state index in [0.717, 1.165) is 43.9 Å². The smallest absolute Gasteiger partial charge is 0.251 e. The average Bonchev–Trinajstić information content (AvgIpc) is 2.73. The molecule has 4 rings (SSSR count). The average molecular weight is 437 g/mol. The number of hydrogen-bond donors (Lipinski definition) is 1. The van der Waals surface area contributed by atoms with Gasteiger partial charge in [0, 0.05) is 35.8 Å². The van der Waals surface area contributed by atoms with Crippen LogP contribution in [0.2, 0.25) is 5.02 Å². The van der Waals surface area contributed by atoms with Crippen LogP contribution in [0.15, 0.2) is 36.4 Å². The monoisotopic (exact) mass is 436 g/mol. The zero-order chi connectivity index (χ0) is 19.7. The third-order valence-corrected chi connectivity index (χ3v) is 6.08. The van der Waals surface area contributed by atoms with Crippen LogP contribution in [0.1, 0.15) is 40.4 Å². The van der Waals surface area contributed by atoms with Crippen molar-refractivity contribution >= 4 is 29.9 Å². The van der Waals surface area contributed by atoms with Gasteiger partial charge in [0.1, 0.15) is 0 Å². The molecule has 1 saturated heterocycles. The third kappa shape index (κ3) is 4.47. The number of nitrogens with one attached hydrogen (secondary N) is 1. The van der Waals surface area contributed by atoms with Gasteiger partial charge < -0.3 is 14.8 Å². The Labute approximate surface area is 182 Å². The lowest BCUT2D eigenvalue weighted by Gasteiger charge is -2.43. The van der Waals surface area contributed by atoms with Crippen molar-refractivity contribution in [2.24, 2.45) is 0 Å². The zero-order valence-corrected chi connectivity index (χ0v) is 18.2. The number of benzene rings is 2. The van der Waals surface area contributed by atoms with E-state index >= 15 is 0 Å². The molecule has 2 aromatic rings. The standard InChI is InChI=1S/C22H25ClN2O3.ClH/c1-27-20-11-15-7-9-25-10-8-17(12-19(25)18(15)13-21(20)28-2)24-22(26)14-3-5-16(23)6-4-14;/h3-6,11,13,17,19H,7-10,12H2,1-2H3,(H,24,26);1H. The van der Waals surface area contributed by atoms with Gasteiger partial charge in [-0.05, 0) is 66.8 Å². The molecule has 0 spiro atoms. The van der Waals surface area contributed by atoms with Gasteiger partial charge in [0.15, 0.2) is 11.5 Å². The van der Waals surface area contributed by atoms with Crippen LogP contribution in [0, 0.1) is 0 Å². The van der Waals surface area contributed by atoms with Crippen LogP contribution in [0.5, 0.6) is 11.5 Å². The number of amides is 1. The number of halogens is 2. The van der Waals surface area contributed by atoms with Crippen LogP contribution in [0.25, 0.3) is 0 Å². The Morgan fingerprint density at radius 1 is 1.10 bits per heavy atom. The lowest BCUT2D eigenvalue weighted by molar-refractivity contribution is 0.0843. The number of methoxy groups -OCH3 is 2. The number of ether oxygens (including phenoxy) is 2. The predicted molar refractivity (Wildman–Crippen MR) is 117 cm³/mol. The van der Waals surface area contributed by atoms with Gasteiger partial charge in [-0.25, -0.2) is 0 Å². The van der Waals surface area contributed by atoms with E-state index < -0.39 is 0 Å². The van der Waals surface area contributed by atoms with Crippen LogP contribution in [-0.2, 0) is 6.42 Å². The number of fused-ring (bicyclic) bond motifs is 3. The first-order valence-corrected chi connectivity index (χ1v) is 10.0. The molecule has 156 valence electrons. The second-order valence-corrected chi connectivity index (χ2v) is 7.85. The summed E-state index contributed by atoms with van der Waals surface area (Å²) in [4.78, 5) is 15.1. The highest BCUT2D eigenvalue weighted by Crippen LogP contribution is 2.41. The molecule has 2 unspecified atom stereocenters. The minimum Gasteiger partial charge on any atom is -0.493 e. The fourth-order valence-electron chi connectivity index (χ4n) is 4.33. The summed E-state index contributed by atoms with van der Waals surface area (Å²) in [5, 5.41) is 3.84. The highest BCUT2D eigenvalue weighted by Gasteiger charge is 2.35. The normalized spacial score (nSPS) is 20.7. The fourth-order valence-corrected chi connectivity index (χ4v) is 4.46. The van der Waals surface area contributed by atoms with Gasteiger partial charge >= 0.3 is 0 Å². The van der Waals surface area contributed by atoms with E-state index in [2.05, 4.69) is 22.3 Å². The Bertz CT molecular complexity index is 873. The van der Waals surface area contributed by atoms with E-state index in [4.69, 9.17) is 21.1 Å². The maximum absolute atomic E-state index is 12.6. The molecular formula is C22H26Cl2N2O3. The molecule has 2 aliphatic rings. The molecule has 1 N–H and O–H groups in total. The van der Waals surface area contributed by atoms with Gasteiger partial charge in [-0.1, -0.05) is 11.6 Å². The summed E-state index contributed by atoms with van der Waals surface area (Å²) in [5.41, 5.74) is 3.24. The number of hydrogen-bond acceptors (Lipinski definition) is 4. The molecule has 1 fully saturated rings.